The predicted octanol–water partition coefficient (Wildman–Crippen LogP) is 3.36. The summed E-state index contributed by atoms with van der Waals surface area (Å²) in [7, 11) is 1.31. The highest BCUT2D eigenvalue weighted by Gasteiger charge is 2.19. The summed E-state index contributed by atoms with van der Waals surface area (Å²) in [5, 5.41) is 18.6. The lowest BCUT2D eigenvalue weighted by atomic mass is 10.0. The maximum atomic E-state index is 12.3. The van der Waals surface area contributed by atoms with E-state index in [9.17, 15) is 19.7 Å². The minimum absolute atomic E-state index is 0.0542. The van der Waals surface area contributed by atoms with E-state index in [1.54, 1.807) is 0 Å². The van der Waals surface area contributed by atoms with Crippen LogP contribution < -0.4 is 15.4 Å². The van der Waals surface area contributed by atoms with Gasteiger partial charge in [0.15, 0.2) is 5.75 Å². The van der Waals surface area contributed by atoms with E-state index in [0.29, 0.717) is 0 Å². The van der Waals surface area contributed by atoms with Crippen LogP contribution in [-0.4, -0.2) is 30.4 Å². The van der Waals surface area contributed by atoms with Gasteiger partial charge < -0.3 is 15.4 Å². The van der Waals surface area contributed by atoms with Crippen molar-refractivity contribution in [1.29, 1.82) is 0 Å². The third-order valence-corrected chi connectivity index (χ3v) is 4.70. The molecule has 2 N–H and O–H groups in total. The monoisotopic (exact) mass is 407 g/mol. The minimum atomic E-state index is -0.631. The molecule has 1 atom stereocenters. The molecule has 8 heteroatoms. The number of methoxy groups -OCH3 is 1. The number of ether oxygens (including phenoxy) is 1. The summed E-state index contributed by atoms with van der Waals surface area (Å²) in [5.74, 6) is -0.903. The van der Waals surface area contributed by atoms with Gasteiger partial charge in [-0.05, 0) is 41.5 Å². The first kappa shape index (κ1) is 20.8. The molecule has 30 heavy (non-hydrogen) atoms. The number of nitro groups is 1. The third-order valence-electron chi connectivity index (χ3n) is 4.70. The van der Waals surface area contributed by atoms with Crippen molar-refractivity contribution in [3.05, 3.63) is 81.9 Å². The molecule has 3 aromatic rings. The fourth-order valence-corrected chi connectivity index (χ4v) is 3.09. The number of amides is 2. The first-order valence-corrected chi connectivity index (χ1v) is 9.27. The van der Waals surface area contributed by atoms with E-state index in [1.807, 2.05) is 49.4 Å². The Labute approximate surface area is 173 Å². The topological polar surface area (TPSA) is 111 Å². The maximum Gasteiger partial charge on any atom is 0.311 e. The SMILES string of the molecule is COc1ccc(C(=O)NCC(=O)N[C@@H](C)c2ccc3ccccc3c2)cc1[N+](=O)[O-]. The van der Waals surface area contributed by atoms with Gasteiger partial charge in [0.2, 0.25) is 5.91 Å². The number of carbonyl (C=O) groups is 2. The van der Waals surface area contributed by atoms with Crippen LogP contribution in [0.15, 0.2) is 60.7 Å². The molecule has 8 nitrogen and oxygen atoms in total. The van der Waals surface area contributed by atoms with Gasteiger partial charge in [-0.1, -0.05) is 36.4 Å². The minimum Gasteiger partial charge on any atom is -0.490 e. The number of hydrogen-bond acceptors (Lipinski definition) is 5. The molecular formula is C22H21N3O5. The lowest BCUT2D eigenvalue weighted by molar-refractivity contribution is -0.385. The zero-order valence-corrected chi connectivity index (χ0v) is 16.5. The van der Waals surface area contributed by atoms with Crippen LogP contribution in [0, 0.1) is 10.1 Å². The number of nitrogens with one attached hydrogen (secondary N) is 2. The Morgan fingerprint density at radius 2 is 1.80 bits per heavy atom. The molecule has 154 valence electrons. The van der Waals surface area contributed by atoms with Crippen molar-refractivity contribution < 1.29 is 19.2 Å². The molecule has 3 rings (SSSR count). The molecule has 0 bridgehead atoms. The number of fused-ring (bicyclic) bond motifs is 1. The van der Waals surface area contributed by atoms with Crippen molar-refractivity contribution in [2.75, 3.05) is 13.7 Å². The van der Waals surface area contributed by atoms with Gasteiger partial charge >= 0.3 is 5.69 Å². The van der Waals surface area contributed by atoms with E-state index in [0.717, 1.165) is 22.4 Å². The Kier molecular flexibility index (Phi) is 6.26. The van der Waals surface area contributed by atoms with Crippen molar-refractivity contribution in [3.63, 3.8) is 0 Å². The Hall–Kier alpha value is -3.94. The van der Waals surface area contributed by atoms with E-state index in [1.165, 1.54) is 19.2 Å². The maximum absolute atomic E-state index is 12.3. The van der Waals surface area contributed by atoms with Crippen molar-refractivity contribution >= 4 is 28.3 Å². The Morgan fingerprint density at radius 1 is 1.07 bits per heavy atom. The number of nitrogens with zero attached hydrogens (tertiary/aromatic N) is 1. The average Bonchev–Trinajstić information content (AvgIpc) is 2.76. The van der Waals surface area contributed by atoms with Gasteiger partial charge in [-0.3, -0.25) is 19.7 Å². The molecule has 2 amide bonds. The molecular weight excluding hydrogens is 386 g/mol. The summed E-state index contributed by atoms with van der Waals surface area (Å²) in [6.45, 7) is 1.60. The second-order valence-electron chi connectivity index (χ2n) is 6.72. The molecule has 0 aromatic heterocycles. The molecule has 0 spiro atoms. The molecule has 0 heterocycles. The largest absolute Gasteiger partial charge is 0.490 e. The fraction of sp³-hybridized carbons (Fsp3) is 0.182. The zero-order valence-electron chi connectivity index (χ0n) is 16.5. The summed E-state index contributed by atoms with van der Waals surface area (Å²) < 4.78 is 4.91. The first-order chi connectivity index (χ1) is 14.4. The normalized spacial score (nSPS) is 11.5. The van der Waals surface area contributed by atoms with Crippen molar-refractivity contribution in [2.45, 2.75) is 13.0 Å². The second-order valence-corrected chi connectivity index (χ2v) is 6.72. The van der Waals surface area contributed by atoms with Gasteiger partial charge in [0.1, 0.15) is 0 Å². The molecule has 0 fully saturated rings. The van der Waals surface area contributed by atoms with Crippen molar-refractivity contribution in [3.8, 4) is 5.75 Å². The average molecular weight is 407 g/mol. The van der Waals surface area contributed by atoms with Crippen LogP contribution in [0.2, 0.25) is 0 Å². The second kappa shape index (κ2) is 9.04. The van der Waals surface area contributed by atoms with E-state index >= 15 is 0 Å². The molecule has 3 aromatic carbocycles. The summed E-state index contributed by atoms with van der Waals surface area (Å²) >= 11 is 0. The van der Waals surface area contributed by atoms with Crippen molar-refractivity contribution in [1.82, 2.24) is 10.6 Å². The number of carbonyl (C=O) groups excluding carboxylic acids is 2. The number of hydrogen-bond donors (Lipinski definition) is 2. The highest BCUT2D eigenvalue weighted by molar-refractivity contribution is 5.97. The molecule has 0 unspecified atom stereocenters. The Bertz CT molecular complexity index is 1110. The predicted molar refractivity (Wildman–Crippen MR) is 112 cm³/mol. The molecule has 0 radical (unpaired) electrons. The molecule has 0 aliphatic heterocycles. The number of rotatable bonds is 7. The van der Waals surface area contributed by atoms with Crippen LogP contribution in [0.1, 0.15) is 28.9 Å². The van der Waals surface area contributed by atoms with Gasteiger partial charge in [-0.25, -0.2) is 0 Å². The van der Waals surface area contributed by atoms with Gasteiger partial charge in [0, 0.05) is 11.6 Å². The van der Waals surface area contributed by atoms with Crippen LogP contribution in [0.5, 0.6) is 5.75 Å². The van der Waals surface area contributed by atoms with Crippen molar-refractivity contribution in [2.24, 2.45) is 0 Å². The van der Waals surface area contributed by atoms with Crippen LogP contribution in [0.4, 0.5) is 5.69 Å². The van der Waals surface area contributed by atoms with Crippen LogP contribution >= 0.6 is 0 Å². The summed E-state index contributed by atoms with van der Waals surface area (Å²) in [6.07, 6.45) is 0. The Balaban J connectivity index is 1.60. The summed E-state index contributed by atoms with van der Waals surface area (Å²) in [4.78, 5) is 35.0. The lowest BCUT2D eigenvalue weighted by Crippen LogP contribution is -2.38. The number of nitro benzene ring substituents is 1. The summed E-state index contributed by atoms with van der Waals surface area (Å²) in [5.41, 5.74) is 0.691. The van der Waals surface area contributed by atoms with E-state index in [4.69, 9.17) is 4.74 Å². The molecule has 0 aliphatic rings. The quantitative estimate of drug-likeness (QED) is 0.461. The Morgan fingerprint density at radius 3 is 2.50 bits per heavy atom. The van der Waals surface area contributed by atoms with Crippen LogP contribution in [0.3, 0.4) is 0 Å². The molecule has 0 saturated carbocycles. The fourth-order valence-electron chi connectivity index (χ4n) is 3.09. The first-order valence-electron chi connectivity index (χ1n) is 9.27. The van der Waals surface area contributed by atoms with Gasteiger partial charge in [0.25, 0.3) is 5.91 Å². The van der Waals surface area contributed by atoms with Gasteiger partial charge in [0.05, 0.1) is 24.6 Å². The summed E-state index contributed by atoms with van der Waals surface area (Å²) in [6, 6.07) is 17.5. The van der Waals surface area contributed by atoms with E-state index < -0.39 is 10.8 Å². The van der Waals surface area contributed by atoms with Crippen LogP contribution in [-0.2, 0) is 4.79 Å². The molecule has 0 aliphatic carbocycles. The standard InChI is InChI=1S/C22H21N3O5/c1-14(16-8-7-15-5-3-4-6-17(15)11-16)24-21(26)13-23-22(27)18-9-10-20(30-2)19(12-18)25(28)29/h3-12,14H,13H2,1-2H3,(H,23,27)(H,24,26)/t14-/m0/s1. The smallest absolute Gasteiger partial charge is 0.311 e. The highest BCUT2D eigenvalue weighted by Crippen LogP contribution is 2.27. The molecule has 0 saturated heterocycles. The van der Waals surface area contributed by atoms with Crippen LogP contribution in [0.25, 0.3) is 10.8 Å². The zero-order chi connectivity index (χ0) is 21.7. The van der Waals surface area contributed by atoms with E-state index in [2.05, 4.69) is 10.6 Å². The highest BCUT2D eigenvalue weighted by atomic mass is 16.6. The number of benzene rings is 3. The lowest BCUT2D eigenvalue weighted by Gasteiger charge is -2.15. The van der Waals surface area contributed by atoms with E-state index in [-0.39, 0.29) is 35.5 Å². The third kappa shape index (κ3) is 4.72. The van der Waals surface area contributed by atoms with Gasteiger partial charge in [-0.15, -0.1) is 0 Å². The van der Waals surface area contributed by atoms with Gasteiger partial charge in [-0.2, -0.15) is 0 Å².